The van der Waals surface area contributed by atoms with Crippen molar-refractivity contribution in [3.05, 3.63) is 59.9 Å². The molecular weight excluding hydrogens is 375 g/mol. The number of ether oxygens (including phenoxy) is 2. The average Bonchev–Trinajstić information content (AvgIpc) is 2.70. The Kier molecular flexibility index (Phi) is 8.75. The number of primary amides is 1. The second kappa shape index (κ2) is 11.5. The first-order valence-corrected chi connectivity index (χ1v) is 9.41. The van der Waals surface area contributed by atoms with Crippen LogP contribution in [0.2, 0.25) is 0 Å². The van der Waals surface area contributed by atoms with Crippen LogP contribution in [0.5, 0.6) is 11.5 Å². The van der Waals surface area contributed by atoms with Gasteiger partial charge in [-0.2, -0.15) is 0 Å². The van der Waals surface area contributed by atoms with E-state index in [1.165, 1.54) is 6.07 Å². The van der Waals surface area contributed by atoms with E-state index in [0.29, 0.717) is 31.3 Å². The minimum Gasteiger partial charge on any atom is -0.486 e. The second-order valence-electron chi connectivity index (χ2n) is 6.34. The maximum absolute atomic E-state index is 13.7. The Bertz CT molecular complexity index is 829. The number of para-hydroxylation sites is 1. The van der Waals surface area contributed by atoms with Crippen molar-refractivity contribution in [2.75, 3.05) is 19.7 Å². The summed E-state index contributed by atoms with van der Waals surface area (Å²) in [6.45, 7) is 5.19. The van der Waals surface area contributed by atoms with Gasteiger partial charge in [-0.3, -0.25) is 4.79 Å². The van der Waals surface area contributed by atoms with Crippen molar-refractivity contribution in [2.24, 2.45) is 10.7 Å². The Hall–Kier alpha value is -3.29. The molecule has 2 aromatic rings. The van der Waals surface area contributed by atoms with Crippen LogP contribution < -0.4 is 25.8 Å². The van der Waals surface area contributed by atoms with Gasteiger partial charge < -0.3 is 25.8 Å². The molecule has 0 fully saturated rings. The molecule has 2 rings (SSSR count). The van der Waals surface area contributed by atoms with Crippen LogP contribution in [0.25, 0.3) is 0 Å². The van der Waals surface area contributed by atoms with Gasteiger partial charge in [0.05, 0.1) is 13.1 Å². The highest BCUT2D eigenvalue weighted by atomic mass is 19.1. The molecule has 4 N–H and O–H groups in total. The van der Waals surface area contributed by atoms with Crippen LogP contribution in [0.4, 0.5) is 4.39 Å². The van der Waals surface area contributed by atoms with Crippen molar-refractivity contribution in [3.8, 4) is 11.5 Å². The highest BCUT2D eigenvalue weighted by molar-refractivity contribution is 5.79. The van der Waals surface area contributed by atoms with Crippen LogP contribution >= 0.6 is 0 Å². The van der Waals surface area contributed by atoms with E-state index in [2.05, 4.69) is 15.6 Å². The number of nitrogens with two attached hydrogens (primary N) is 1. The van der Waals surface area contributed by atoms with Crippen LogP contribution in [0, 0.1) is 5.82 Å². The monoisotopic (exact) mass is 402 g/mol. The molecule has 8 heteroatoms. The first kappa shape index (κ1) is 22.0. The Labute approximate surface area is 170 Å². The number of rotatable bonds is 10. The molecule has 2 aromatic carbocycles. The predicted molar refractivity (Wildman–Crippen MR) is 110 cm³/mol. The smallest absolute Gasteiger partial charge is 0.255 e. The summed E-state index contributed by atoms with van der Waals surface area (Å²) in [5.41, 5.74) is 6.01. The van der Waals surface area contributed by atoms with E-state index in [4.69, 9.17) is 15.2 Å². The Morgan fingerprint density at radius 3 is 2.72 bits per heavy atom. The average molecular weight is 402 g/mol. The van der Waals surface area contributed by atoms with Gasteiger partial charge in [-0.15, -0.1) is 0 Å². The zero-order chi connectivity index (χ0) is 21.1. The van der Waals surface area contributed by atoms with Crippen molar-refractivity contribution >= 4 is 11.9 Å². The number of nitrogens with one attached hydrogen (secondary N) is 2. The van der Waals surface area contributed by atoms with Crippen molar-refractivity contribution in [1.29, 1.82) is 0 Å². The fraction of sp³-hybridized carbons (Fsp3) is 0.333. The summed E-state index contributed by atoms with van der Waals surface area (Å²) < 4.78 is 24.6. The number of carbonyl (C=O) groups is 1. The van der Waals surface area contributed by atoms with E-state index < -0.39 is 11.7 Å². The fourth-order valence-electron chi connectivity index (χ4n) is 2.44. The number of nitrogens with zero attached hydrogens (tertiary/aromatic N) is 1. The standard InChI is InChI=1S/C21H27FN4O3/c1-3-24-21(25-12-15(2)29-19-10-5-4-9-18(19)22)26-13-16-7-6-8-17(11-16)28-14-20(23)27/h4-11,15H,3,12-14H2,1-2H3,(H2,23,27)(H2,24,25,26). The summed E-state index contributed by atoms with van der Waals surface area (Å²) in [5, 5.41) is 6.34. The van der Waals surface area contributed by atoms with Crippen molar-refractivity contribution in [1.82, 2.24) is 10.6 Å². The largest absolute Gasteiger partial charge is 0.486 e. The Morgan fingerprint density at radius 1 is 1.21 bits per heavy atom. The van der Waals surface area contributed by atoms with Gasteiger partial charge in [-0.25, -0.2) is 9.38 Å². The number of hydrogen-bond donors (Lipinski definition) is 3. The summed E-state index contributed by atoms with van der Waals surface area (Å²) in [6.07, 6.45) is -0.263. The molecule has 1 amide bonds. The van der Waals surface area contributed by atoms with Gasteiger partial charge in [0.25, 0.3) is 5.91 Å². The lowest BCUT2D eigenvalue weighted by Crippen LogP contribution is -2.41. The summed E-state index contributed by atoms with van der Waals surface area (Å²) >= 11 is 0. The number of halogens is 1. The van der Waals surface area contributed by atoms with E-state index >= 15 is 0 Å². The molecule has 0 radical (unpaired) electrons. The predicted octanol–water partition coefficient (Wildman–Crippen LogP) is 2.21. The molecule has 29 heavy (non-hydrogen) atoms. The summed E-state index contributed by atoms with van der Waals surface area (Å²) in [6, 6.07) is 13.6. The minimum atomic E-state index is -0.529. The molecule has 0 aliphatic heterocycles. The second-order valence-corrected chi connectivity index (χ2v) is 6.34. The molecular formula is C21H27FN4O3. The van der Waals surface area contributed by atoms with Gasteiger partial charge in [0, 0.05) is 6.54 Å². The normalized spacial score (nSPS) is 12.2. The SMILES string of the molecule is CCNC(=NCc1cccc(OCC(N)=O)c1)NCC(C)Oc1ccccc1F. The molecule has 0 heterocycles. The van der Waals surface area contributed by atoms with Gasteiger partial charge in [-0.1, -0.05) is 24.3 Å². The molecule has 0 saturated carbocycles. The topological polar surface area (TPSA) is 98.0 Å². The molecule has 0 saturated heterocycles. The highest BCUT2D eigenvalue weighted by Gasteiger charge is 2.09. The molecule has 1 unspecified atom stereocenters. The molecule has 0 spiro atoms. The lowest BCUT2D eigenvalue weighted by molar-refractivity contribution is -0.119. The summed E-state index contributed by atoms with van der Waals surface area (Å²) in [7, 11) is 0. The fourth-order valence-corrected chi connectivity index (χ4v) is 2.44. The molecule has 0 aliphatic rings. The summed E-state index contributed by atoms with van der Waals surface area (Å²) in [5.74, 6) is 0.468. The van der Waals surface area contributed by atoms with Gasteiger partial charge in [-0.05, 0) is 43.7 Å². The third kappa shape index (κ3) is 8.08. The first-order valence-electron chi connectivity index (χ1n) is 9.41. The third-order valence-corrected chi connectivity index (χ3v) is 3.77. The quantitative estimate of drug-likeness (QED) is 0.418. The number of amides is 1. The van der Waals surface area contributed by atoms with E-state index in [9.17, 15) is 9.18 Å². The van der Waals surface area contributed by atoms with E-state index in [1.807, 2.05) is 26.0 Å². The van der Waals surface area contributed by atoms with Gasteiger partial charge in [0.15, 0.2) is 24.1 Å². The molecule has 1 atom stereocenters. The summed E-state index contributed by atoms with van der Waals surface area (Å²) in [4.78, 5) is 15.4. The van der Waals surface area contributed by atoms with Gasteiger partial charge in [0.2, 0.25) is 0 Å². The lowest BCUT2D eigenvalue weighted by atomic mass is 10.2. The first-order chi connectivity index (χ1) is 14.0. The van der Waals surface area contributed by atoms with Crippen molar-refractivity contribution in [3.63, 3.8) is 0 Å². The van der Waals surface area contributed by atoms with Crippen molar-refractivity contribution in [2.45, 2.75) is 26.5 Å². The van der Waals surface area contributed by atoms with E-state index in [-0.39, 0.29) is 18.5 Å². The molecule has 0 aromatic heterocycles. The maximum Gasteiger partial charge on any atom is 0.255 e. The number of carbonyl (C=O) groups excluding carboxylic acids is 1. The molecule has 0 bridgehead atoms. The number of benzene rings is 2. The van der Waals surface area contributed by atoms with Crippen molar-refractivity contribution < 1.29 is 18.7 Å². The minimum absolute atomic E-state index is 0.170. The Morgan fingerprint density at radius 2 is 2.00 bits per heavy atom. The Balaban J connectivity index is 1.91. The van der Waals surface area contributed by atoms with Crippen LogP contribution in [0.15, 0.2) is 53.5 Å². The maximum atomic E-state index is 13.7. The number of aliphatic imine (C=N–C) groups is 1. The third-order valence-electron chi connectivity index (χ3n) is 3.77. The van der Waals surface area contributed by atoms with Crippen LogP contribution in [-0.4, -0.2) is 37.7 Å². The van der Waals surface area contributed by atoms with Crippen LogP contribution in [0.1, 0.15) is 19.4 Å². The molecule has 7 nitrogen and oxygen atoms in total. The van der Waals surface area contributed by atoms with Crippen LogP contribution in [-0.2, 0) is 11.3 Å². The van der Waals surface area contributed by atoms with Gasteiger partial charge >= 0.3 is 0 Å². The molecule has 156 valence electrons. The van der Waals surface area contributed by atoms with E-state index in [1.54, 1.807) is 30.3 Å². The zero-order valence-corrected chi connectivity index (χ0v) is 16.7. The number of guanidine groups is 1. The van der Waals surface area contributed by atoms with Crippen LogP contribution in [0.3, 0.4) is 0 Å². The highest BCUT2D eigenvalue weighted by Crippen LogP contribution is 2.17. The van der Waals surface area contributed by atoms with Gasteiger partial charge in [0.1, 0.15) is 11.9 Å². The molecule has 0 aliphatic carbocycles. The lowest BCUT2D eigenvalue weighted by Gasteiger charge is -2.18. The zero-order valence-electron chi connectivity index (χ0n) is 16.7. The number of hydrogen-bond acceptors (Lipinski definition) is 4. The van der Waals surface area contributed by atoms with E-state index in [0.717, 1.165) is 5.56 Å².